The fourth-order valence-electron chi connectivity index (χ4n) is 4.03. The van der Waals surface area contributed by atoms with Gasteiger partial charge in [0.25, 0.3) is 0 Å². The van der Waals surface area contributed by atoms with Gasteiger partial charge >= 0.3 is 11.9 Å². The Kier molecular flexibility index (Phi) is 13.2. The van der Waals surface area contributed by atoms with Crippen molar-refractivity contribution in [1.29, 1.82) is 0 Å². The van der Waals surface area contributed by atoms with Crippen LogP contribution in [0.25, 0.3) is 0 Å². The highest BCUT2D eigenvalue weighted by Gasteiger charge is 2.20. The van der Waals surface area contributed by atoms with Crippen molar-refractivity contribution in [1.82, 2.24) is 0 Å². The van der Waals surface area contributed by atoms with E-state index in [1.165, 1.54) is 0 Å². The van der Waals surface area contributed by atoms with E-state index in [9.17, 15) is 9.59 Å². The fraction of sp³-hybridized carbons (Fsp3) is 0.714. The van der Waals surface area contributed by atoms with Crippen LogP contribution in [0.4, 0.5) is 0 Å². The van der Waals surface area contributed by atoms with Crippen molar-refractivity contribution in [2.45, 2.75) is 123 Å². The van der Waals surface area contributed by atoms with Gasteiger partial charge < -0.3 is 18.9 Å². The number of benzene rings is 1. The Morgan fingerprint density at radius 2 is 1.44 bits per heavy atom. The normalized spacial score (nSPS) is 17.7. The molecule has 0 amide bonds. The zero-order chi connectivity index (χ0) is 24.8. The molecule has 34 heavy (non-hydrogen) atoms. The predicted octanol–water partition coefficient (Wildman–Crippen LogP) is 6.98. The Labute approximate surface area is 205 Å². The maximum Gasteiger partial charge on any atom is 0.338 e. The summed E-state index contributed by atoms with van der Waals surface area (Å²) in [6.45, 7) is 9.06. The van der Waals surface area contributed by atoms with Gasteiger partial charge in [0.2, 0.25) is 0 Å². The Hall–Kier alpha value is -1.92. The molecule has 6 heteroatoms. The van der Waals surface area contributed by atoms with E-state index >= 15 is 0 Å². The summed E-state index contributed by atoms with van der Waals surface area (Å²) in [5, 5.41) is 0. The molecule has 1 aromatic carbocycles. The van der Waals surface area contributed by atoms with Crippen molar-refractivity contribution >= 4 is 11.9 Å². The second kappa shape index (κ2) is 15.9. The van der Waals surface area contributed by atoms with Crippen molar-refractivity contribution < 1.29 is 28.5 Å². The van der Waals surface area contributed by atoms with Gasteiger partial charge in [-0.05, 0) is 82.6 Å². The first-order chi connectivity index (χ1) is 16.4. The first-order valence-corrected chi connectivity index (χ1v) is 13.2. The zero-order valence-corrected chi connectivity index (χ0v) is 21.6. The smallest absolute Gasteiger partial charge is 0.338 e. The molecule has 3 atom stereocenters. The Morgan fingerprint density at radius 1 is 0.882 bits per heavy atom. The molecule has 0 N–H and O–H groups in total. The zero-order valence-electron chi connectivity index (χ0n) is 21.6. The molecule has 192 valence electrons. The van der Waals surface area contributed by atoms with Gasteiger partial charge in [0.1, 0.15) is 0 Å². The van der Waals surface area contributed by atoms with Gasteiger partial charge in [-0.2, -0.15) is 0 Å². The van der Waals surface area contributed by atoms with Gasteiger partial charge in [-0.15, -0.1) is 0 Å². The lowest BCUT2D eigenvalue weighted by molar-refractivity contribution is -0.168. The number of carbonyl (C=O) groups is 2. The van der Waals surface area contributed by atoms with Gasteiger partial charge in [0.15, 0.2) is 6.29 Å². The topological polar surface area (TPSA) is 71.1 Å². The fourth-order valence-corrected chi connectivity index (χ4v) is 4.03. The van der Waals surface area contributed by atoms with Crippen molar-refractivity contribution in [3.8, 4) is 0 Å². The van der Waals surface area contributed by atoms with E-state index in [0.29, 0.717) is 17.7 Å². The average molecular weight is 477 g/mol. The van der Waals surface area contributed by atoms with Crippen LogP contribution in [-0.4, -0.2) is 37.0 Å². The number of hydrogen-bond donors (Lipinski definition) is 0. The lowest BCUT2D eigenvalue weighted by atomic mass is 10.1. The highest BCUT2D eigenvalue weighted by molar-refractivity contribution is 5.95. The van der Waals surface area contributed by atoms with Crippen LogP contribution in [0, 0.1) is 0 Å². The van der Waals surface area contributed by atoms with Crippen LogP contribution in [0.15, 0.2) is 18.2 Å². The molecule has 6 nitrogen and oxygen atoms in total. The monoisotopic (exact) mass is 476 g/mol. The van der Waals surface area contributed by atoms with E-state index < -0.39 is 11.9 Å². The standard InChI is InChI=1S/C28H44O6/c1-5-7-9-13-21(3)33-27(29)24-17-23(20-32-26-15-11-12-16-31-26)18-25(19-24)28(30)34-22(4)14-10-8-6-2/h17-19,21-22,26H,5-16,20H2,1-4H3. The van der Waals surface area contributed by atoms with E-state index in [1.54, 1.807) is 18.2 Å². The van der Waals surface area contributed by atoms with Gasteiger partial charge in [0, 0.05) is 6.61 Å². The molecule has 1 aliphatic rings. The van der Waals surface area contributed by atoms with Gasteiger partial charge in [-0.25, -0.2) is 9.59 Å². The van der Waals surface area contributed by atoms with E-state index in [1.807, 2.05) is 13.8 Å². The van der Waals surface area contributed by atoms with Crippen molar-refractivity contribution in [3.05, 3.63) is 34.9 Å². The molecule has 3 unspecified atom stereocenters. The highest BCUT2D eigenvalue weighted by Crippen LogP contribution is 2.20. The lowest BCUT2D eigenvalue weighted by Crippen LogP contribution is -2.22. The van der Waals surface area contributed by atoms with E-state index in [4.69, 9.17) is 18.9 Å². The molecule has 1 aromatic rings. The van der Waals surface area contributed by atoms with Gasteiger partial charge in [-0.3, -0.25) is 0 Å². The average Bonchev–Trinajstić information content (AvgIpc) is 2.83. The summed E-state index contributed by atoms with van der Waals surface area (Å²) < 4.78 is 22.9. The van der Waals surface area contributed by atoms with Crippen LogP contribution in [0.1, 0.15) is 125 Å². The molecular formula is C28H44O6. The first-order valence-electron chi connectivity index (χ1n) is 13.2. The molecule has 1 saturated heterocycles. The third-order valence-electron chi connectivity index (χ3n) is 6.08. The van der Waals surface area contributed by atoms with Crippen LogP contribution >= 0.6 is 0 Å². The Balaban J connectivity index is 2.10. The van der Waals surface area contributed by atoms with Crippen LogP contribution < -0.4 is 0 Å². The summed E-state index contributed by atoms with van der Waals surface area (Å²) >= 11 is 0. The van der Waals surface area contributed by atoms with E-state index in [2.05, 4.69) is 13.8 Å². The minimum Gasteiger partial charge on any atom is -0.459 e. The van der Waals surface area contributed by atoms with Crippen molar-refractivity contribution in [3.63, 3.8) is 0 Å². The third kappa shape index (κ3) is 10.6. The van der Waals surface area contributed by atoms with Crippen LogP contribution in [0.2, 0.25) is 0 Å². The molecule has 0 radical (unpaired) electrons. The van der Waals surface area contributed by atoms with E-state index in [0.717, 1.165) is 76.2 Å². The number of esters is 2. The molecule has 0 spiro atoms. The summed E-state index contributed by atoms with van der Waals surface area (Å²) in [6.07, 6.45) is 10.5. The maximum absolute atomic E-state index is 12.9. The van der Waals surface area contributed by atoms with Crippen LogP contribution in [0.5, 0.6) is 0 Å². The molecule has 1 heterocycles. The molecule has 0 saturated carbocycles. The molecule has 0 bridgehead atoms. The predicted molar refractivity (Wildman–Crippen MR) is 133 cm³/mol. The third-order valence-corrected chi connectivity index (χ3v) is 6.08. The maximum atomic E-state index is 12.9. The summed E-state index contributed by atoms with van der Waals surface area (Å²) in [7, 11) is 0. The van der Waals surface area contributed by atoms with Crippen molar-refractivity contribution in [2.24, 2.45) is 0 Å². The van der Waals surface area contributed by atoms with Gasteiger partial charge in [0.05, 0.1) is 29.9 Å². The molecule has 0 aromatic heterocycles. The molecule has 2 rings (SSSR count). The number of rotatable bonds is 15. The number of unbranched alkanes of at least 4 members (excludes halogenated alkanes) is 4. The summed E-state index contributed by atoms with van der Waals surface area (Å²) in [4.78, 5) is 25.8. The second-order valence-electron chi connectivity index (χ2n) is 9.45. The summed E-state index contributed by atoms with van der Waals surface area (Å²) in [5.74, 6) is -0.852. The van der Waals surface area contributed by atoms with Crippen LogP contribution in [-0.2, 0) is 25.6 Å². The van der Waals surface area contributed by atoms with E-state index in [-0.39, 0.29) is 25.1 Å². The quantitative estimate of drug-likeness (QED) is 0.201. The SMILES string of the molecule is CCCCCC(C)OC(=O)c1cc(COC2CCCCO2)cc(C(=O)OC(C)CCCCC)c1. The van der Waals surface area contributed by atoms with Crippen molar-refractivity contribution in [2.75, 3.05) is 6.61 Å². The van der Waals surface area contributed by atoms with Crippen LogP contribution in [0.3, 0.4) is 0 Å². The lowest BCUT2D eigenvalue weighted by Gasteiger charge is -2.23. The minimum atomic E-state index is -0.426. The molecule has 1 fully saturated rings. The minimum absolute atomic E-state index is 0.177. The first kappa shape index (κ1) is 28.3. The highest BCUT2D eigenvalue weighted by atomic mass is 16.7. The molecular weight excluding hydrogens is 432 g/mol. The largest absolute Gasteiger partial charge is 0.459 e. The summed E-state index contributed by atoms with van der Waals surface area (Å²) in [6, 6.07) is 5.06. The molecule has 0 aliphatic carbocycles. The summed E-state index contributed by atoms with van der Waals surface area (Å²) in [5.41, 5.74) is 1.42. The number of hydrogen-bond acceptors (Lipinski definition) is 6. The Bertz CT molecular complexity index is 692. The molecule has 1 aliphatic heterocycles. The Morgan fingerprint density at radius 3 is 1.91 bits per heavy atom. The second-order valence-corrected chi connectivity index (χ2v) is 9.45. The van der Waals surface area contributed by atoms with Gasteiger partial charge in [-0.1, -0.05) is 39.5 Å². The number of carbonyl (C=O) groups excluding carboxylic acids is 2. The number of ether oxygens (including phenoxy) is 4.